The summed E-state index contributed by atoms with van der Waals surface area (Å²) in [4.78, 5) is 11.9. The third-order valence-corrected chi connectivity index (χ3v) is 3.52. The van der Waals surface area contributed by atoms with E-state index < -0.39 is 0 Å². The van der Waals surface area contributed by atoms with Gasteiger partial charge in [0.25, 0.3) is 5.91 Å². The first-order chi connectivity index (χ1) is 8.66. The van der Waals surface area contributed by atoms with Crippen LogP contribution in [0.25, 0.3) is 0 Å². The minimum atomic E-state index is -0.0242. The molecular formula is C13H14IN3O. The minimum absolute atomic E-state index is 0.0242. The molecule has 0 radical (unpaired) electrons. The Balaban J connectivity index is 1.87. The van der Waals surface area contributed by atoms with Crippen molar-refractivity contribution in [3.63, 3.8) is 0 Å². The van der Waals surface area contributed by atoms with Crippen molar-refractivity contribution >= 4 is 28.5 Å². The third kappa shape index (κ3) is 3.32. The number of benzene rings is 1. The van der Waals surface area contributed by atoms with E-state index in [4.69, 9.17) is 0 Å². The van der Waals surface area contributed by atoms with Crippen molar-refractivity contribution in [1.82, 2.24) is 15.1 Å². The topological polar surface area (TPSA) is 46.9 Å². The van der Waals surface area contributed by atoms with E-state index in [1.807, 2.05) is 43.7 Å². The van der Waals surface area contributed by atoms with Crippen LogP contribution in [-0.4, -0.2) is 22.2 Å². The van der Waals surface area contributed by atoms with E-state index in [1.165, 1.54) is 0 Å². The van der Waals surface area contributed by atoms with Crippen molar-refractivity contribution < 1.29 is 4.79 Å². The molecule has 2 rings (SSSR count). The summed E-state index contributed by atoms with van der Waals surface area (Å²) in [7, 11) is 1.88. The van der Waals surface area contributed by atoms with Crippen molar-refractivity contribution in [1.29, 1.82) is 0 Å². The van der Waals surface area contributed by atoms with E-state index in [0.717, 1.165) is 21.1 Å². The number of aromatic nitrogens is 2. The SMILES string of the molecule is Cn1cc(CCNC(=O)c2ccccc2I)cn1. The predicted molar refractivity (Wildman–Crippen MR) is 78.4 cm³/mol. The number of hydrogen-bond acceptors (Lipinski definition) is 2. The predicted octanol–water partition coefficient (Wildman–Crippen LogP) is 2.00. The van der Waals surface area contributed by atoms with Crippen LogP contribution in [0.5, 0.6) is 0 Å². The molecule has 0 saturated carbocycles. The number of nitrogens with zero attached hydrogens (tertiary/aromatic N) is 2. The molecule has 5 heteroatoms. The lowest BCUT2D eigenvalue weighted by atomic mass is 10.2. The summed E-state index contributed by atoms with van der Waals surface area (Å²) in [6, 6.07) is 7.56. The van der Waals surface area contributed by atoms with E-state index in [-0.39, 0.29) is 5.91 Å². The van der Waals surface area contributed by atoms with Gasteiger partial charge in [-0.3, -0.25) is 9.48 Å². The molecule has 1 N–H and O–H groups in total. The van der Waals surface area contributed by atoms with Gasteiger partial charge in [0, 0.05) is 23.4 Å². The van der Waals surface area contributed by atoms with Crippen LogP contribution >= 0.6 is 22.6 Å². The van der Waals surface area contributed by atoms with Crippen molar-refractivity contribution in [3.8, 4) is 0 Å². The zero-order chi connectivity index (χ0) is 13.0. The highest BCUT2D eigenvalue weighted by Gasteiger charge is 2.08. The first kappa shape index (κ1) is 13.1. The highest BCUT2D eigenvalue weighted by molar-refractivity contribution is 14.1. The van der Waals surface area contributed by atoms with E-state index >= 15 is 0 Å². The maximum Gasteiger partial charge on any atom is 0.252 e. The van der Waals surface area contributed by atoms with Gasteiger partial charge >= 0.3 is 0 Å². The molecule has 0 unspecified atom stereocenters. The number of nitrogens with one attached hydrogen (secondary N) is 1. The number of carbonyl (C=O) groups is 1. The largest absolute Gasteiger partial charge is 0.352 e. The molecule has 1 aromatic carbocycles. The quantitative estimate of drug-likeness (QED) is 0.853. The van der Waals surface area contributed by atoms with Crippen molar-refractivity contribution in [2.45, 2.75) is 6.42 Å². The molecule has 0 aliphatic heterocycles. The standard InChI is InChI=1S/C13H14IN3O/c1-17-9-10(8-16-17)6-7-15-13(18)11-4-2-3-5-12(11)14/h2-5,8-9H,6-7H2,1H3,(H,15,18). The molecule has 0 atom stereocenters. The van der Waals surface area contributed by atoms with Gasteiger partial charge in [-0.1, -0.05) is 12.1 Å². The van der Waals surface area contributed by atoms with Crippen molar-refractivity contribution in [2.24, 2.45) is 7.05 Å². The van der Waals surface area contributed by atoms with Crippen LogP contribution < -0.4 is 5.32 Å². The van der Waals surface area contributed by atoms with Crippen molar-refractivity contribution in [3.05, 3.63) is 51.4 Å². The highest BCUT2D eigenvalue weighted by atomic mass is 127. The Kier molecular flexibility index (Phi) is 4.35. The fourth-order valence-electron chi connectivity index (χ4n) is 1.66. The Morgan fingerprint density at radius 2 is 2.22 bits per heavy atom. The van der Waals surface area contributed by atoms with Gasteiger partial charge in [-0.2, -0.15) is 5.10 Å². The van der Waals surface area contributed by atoms with Crippen molar-refractivity contribution in [2.75, 3.05) is 6.54 Å². The van der Waals surface area contributed by atoms with Crippen LogP contribution in [-0.2, 0) is 13.5 Å². The minimum Gasteiger partial charge on any atom is -0.352 e. The zero-order valence-electron chi connectivity index (χ0n) is 10.1. The Morgan fingerprint density at radius 3 is 2.89 bits per heavy atom. The van der Waals surface area contributed by atoms with Crippen LogP contribution in [0.1, 0.15) is 15.9 Å². The van der Waals surface area contributed by atoms with Crippen LogP contribution in [0, 0.1) is 3.57 Å². The summed E-state index contributed by atoms with van der Waals surface area (Å²) in [6.45, 7) is 0.621. The summed E-state index contributed by atoms with van der Waals surface area (Å²) in [6.07, 6.45) is 4.57. The Bertz CT molecular complexity index is 551. The summed E-state index contributed by atoms with van der Waals surface area (Å²) in [5, 5.41) is 7.01. The molecule has 18 heavy (non-hydrogen) atoms. The molecule has 4 nitrogen and oxygen atoms in total. The van der Waals surface area contributed by atoms with Gasteiger partial charge in [0.15, 0.2) is 0 Å². The Hall–Kier alpha value is -1.37. The number of hydrogen-bond donors (Lipinski definition) is 1. The average molecular weight is 355 g/mol. The lowest BCUT2D eigenvalue weighted by Crippen LogP contribution is -2.26. The third-order valence-electron chi connectivity index (χ3n) is 2.58. The summed E-state index contributed by atoms with van der Waals surface area (Å²) >= 11 is 2.17. The lowest BCUT2D eigenvalue weighted by molar-refractivity contribution is 0.0953. The Morgan fingerprint density at radius 1 is 1.44 bits per heavy atom. The second-order valence-electron chi connectivity index (χ2n) is 4.01. The molecule has 1 amide bonds. The molecule has 1 heterocycles. The average Bonchev–Trinajstić information content (AvgIpc) is 2.75. The zero-order valence-corrected chi connectivity index (χ0v) is 12.2. The summed E-state index contributed by atoms with van der Waals surface area (Å²) in [5.74, 6) is -0.0242. The molecule has 0 saturated heterocycles. The van der Waals surface area contributed by atoms with Gasteiger partial charge in [0.1, 0.15) is 0 Å². The second-order valence-corrected chi connectivity index (χ2v) is 5.17. The molecule has 0 fully saturated rings. The molecule has 0 bridgehead atoms. The number of carbonyl (C=O) groups excluding carboxylic acids is 1. The number of aryl methyl sites for hydroxylation is 1. The van der Waals surface area contributed by atoms with Crippen LogP contribution in [0.2, 0.25) is 0 Å². The van der Waals surface area contributed by atoms with Gasteiger partial charge in [-0.05, 0) is 46.7 Å². The smallest absolute Gasteiger partial charge is 0.252 e. The van der Waals surface area contributed by atoms with E-state index in [0.29, 0.717) is 6.54 Å². The van der Waals surface area contributed by atoms with Gasteiger partial charge in [0.2, 0.25) is 0 Å². The molecule has 1 aromatic heterocycles. The van der Waals surface area contributed by atoms with E-state index in [2.05, 4.69) is 33.0 Å². The molecule has 94 valence electrons. The summed E-state index contributed by atoms with van der Waals surface area (Å²) < 4.78 is 2.73. The van der Waals surface area contributed by atoms with Gasteiger partial charge < -0.3 is 5.32 Å². The fourth-order valence-corrected chi connectivity index (χ4v) is 2.29. The maximum atomic E-state index is 11.9. The normalized spacial score (nSPS) is 10.3. The highest BCUT2D eigenvalue weighted by Crippen LogP contribution is 2.10. The van der Waals surface area contributed by atoms with Crippen LogP contribution in [0.15, 0.2) is 36.7 Å². The first-order valence-corrected chi connectivity index (χ1v) is 6.75. The van der Waals surface area contributed by atoms with Crippen LogP contribution in [0.4, 0.5) is 0 Å². The first-order valence-electron chi connectivity index (χ1n) is 5.67. The van der Waals surface area contributed by atoms with Crippen LogP contribution in [0.3, 0.4) is 0 Å². The second kappa shape index (κ2) is 5.99. The Labute approximate surface area is 120 Å². The number of amides is 1. The molecular weight excluding hydrogens is 341 g/mol. The summed E-state index contributed by atoms with van der Waals surface area (Å²) in [5.41, 5.74) is 1.85. The fraction of sp³-hybridized carbons (Fsp3) is 0.231. The van der Waals surface area contributed by atoms with Gasteiger partial charge in [0.05, 0.1) is 11.8 Å². The number of rotatable bonds is 4. The molecule has 0 aliphatic carbocycles. The van der Waals surface area contributed by atoms with Gasteiger partial charge in [-0.25, -0.2) is 0 Å². The maximum absolute atomic E-state index is 11.9. The molecule has 2 aromatic rings. The molecule has 0 spiro atoms. The van der Waals surface area contributed by atoms with E-state index in [9.17, 15) is 4.79 Å². The van der Waals surface area contributed by atoms with E-state index in [1.54, 1.807) is 4.68 Å². The van der Waals surface area contributed by atoms with Gasteiger partial charge in [-0.15, -0.1) is 0 Å². The lowest BCUT2D eigenvalue weighted by Gasteiger charge is -2.05. The number of halogens is 1. The molecule has 0 aliphatic rings. The monoisotopic (exact) mass is 355 g/mol.